The highest BCUT2D eigenvalue weighted by atomic mass is 32.2. The Bertz CT molecular complexity index is 385. The molecule has 1 aliphatic heterocycles. The molecule has 3 nitrogen and oxygen atoms in total. The first kappa shape index (κ1) is 12.2. The molecule has 2 aliphatic rings. The number of hydrogen-bond acceptors (Lipinski definition) is 3. The van der Waals surface area contributed by atoms with Crippen molar-refractivity contribution in [2.24, 2.45) is 5.41 Å². The van der Waals surface area contributed by atoms with Crippen LogP contribution in [0.5, 0.6) is 0 Å². The van der Waals surface area contributed by atoms with Crippen LogP contribution in [-0.4, -0.2) is 37.9 Å². The van der Waals surface area contributed by atoms with E-state index in [0.29, 0.717) is 6.54 Å². The van der Waals surface area contributed by atoms with Crippen LogP contribution in [0.25, 0.3) is 0 Å². The van der Waals surface area contributed by atoms with Crippen LogP contribution >= 0.6 is 0 Å². The zero-order valence-electron chi connectivity index (χ0n) is 9.52. The Morgan fingerprint density at radius 2 is 1.69 bits per heavy atom. The lowest BCUT2D eigenvalue weighted by molar-refractivity contribution is -0.153. The minimum absolute atomic E-state index is 0.101. The minimum Gasteiger partial charge on any atom is -0.309 e. The van der Waals surface area contributed by atoms with Crippen molar-refractivity contribution < 1.29 is 17.2 Å². The van der Waals surface area contributed by atoms with Crippen LogP contribution in [0.2, 0.25) is 0 Å². The first-order valence-corrected chi connectivity index (χ1v) is 7.19. The summed E-state index contributed by atoms with van der Waals surface area (Å²) in [5.74, 6) is -2.29. The number of alkyl halides is 2. The summed E-state index contributed by atoms with van der Waals surface area (Å²) in [4.78, 5) is 0. The summed E-state index contributed by atoms with van der Waals surface area (Å²) in [5.41, 5.74) is -0.793. The van der Waals surface area contributed by atoms with Gasteiger partial charge >= 0.3 is 0 Å². The lowest BCUT2D eigenvalue weighted by Crippen LogP contribution is -2.64. The van der Waals surface area contributed by atoms with Crippen molar-refractivity contribution in [3.05, 3.63) is 0 Å². The molecule has 1 heterocycles. The van der Waals surface area contributed by atoms with Crippen molar-refractivity contribution in [1.82, 2.24) is 5.32 Å². The van der Waals surface area contributed by atoms with Crippen LogP contribution in [0.4, 0.5) is 8.78 Å². The molecule has 1 aliphatic carbocycles. The summed E-state index contributed by atoms with van der Waals surface area (Å²) in [5, 5.41) is 3.12. The molecule has 0 atom stereocenters. The van der Waals surface area contributed by atoms with Crippen molar-refractivity contribution in [3.63, 3.8) is 0 Å². The van der Waals surface area contributed by atoms with Crippen molar-refractivity contribution in [1.29, 1.82) is 0 Å². The third kappa shape index (κ3) is 2.37. The Morgan fingerprint density at radius 3 is 2.06 bits per heavy atom. The molecule has 1 N–H and O–H groups in total. The van der Waals surface area contributed by atoms with Gasteiger partial charge in [0.15, 0.2) is 9.84 Å². The van der Waals surface area contributed by atoms with Crippen molar-refractivity contribution >= 4 is 9.84 Å². The van der Waals surface area contributed by atoms with Gasteiger partial charge in [0.2, 0.25) is 5.92 Å². The molecule has 0 amide bonds. The average Bonchev–Trinajstić information content (AvgIpc) is 1.93. The molecular weight excluding hydrogens is 236 g/mol. The summed E-state index contributed by atoms with van der Waals surface area (Å²) in [6.07, 6.45) is -0.203. The Labute approximate surface area is 94.5 Å². The molecule has 0 aromatic carbocycles. The first-order valence-electron chi connectivity index (χ1n) is 5.37. The number of sulfone groups is 1. The van der Waals surface area contributed by atoms with Crippen LogP contribution in [0, 0.1) is 5.41 Å². The second-order valence-corrected chi connectivity index (χ2v) is 8.03. The van der Waals surface area contributed by atoms with Crippen molar-refractivity contribution in [2.45, 2.75) is 38.2 Å². The first-order chi connectivity index (χ1) is 7.04. The van der Waals surface area contributed by atoms with E-state index in [-0.39, 0.29) is 29.8 Å². The maximum absolute atomic E-state index is 12.7. The zero-order valence-corrected chi connectivity index (χ0v) is 10.3. The van der Waals surface area contributed by atoms with Crippen molar-refractivity contribution in [2.75, 3.05) is 18.1 Å². The quantitative estimate of drug-likeness (QED) is 0.822. The van der Waals surface area contributed by atoms with Gasteiger partial charge in [-0.25, -0.2) is 17.2 Å². The van der Waals surface area contributed by atoms with E-state index >= 15 is 0 Å². The van der Waals surface area contributed by atoms with Crippen molar-refractivity contribution in [3.8, 4) is 0 Å². The second kappa shape index (κ2) is 3.16. The molecule has 1 saturated heterocycles. The molecule has 0 spiro atoms. The minimum atomic E-state index is -2.88. The molecule has 94 valence electrons. The number of hydrogen-bond donors (Lipinski definition) is 1. The molecule has 2 rings (SSSR count). The van der Waals surface area contributed by atoms with E-state index in [2.05, 4.69) is 5.32 Å². The third-order valence-corrected chi connectivity index (χ3v) is 5.54. The fraction of sp³-hybridized carbons (Fsp3) is 1.00. The molecule has 0 bridgehead atoms. The fourth-order valence-electron chi connectivity index (χ4n) is 2.78. The van der Waals surface area contributed by atoms with Crippen LogP contribution in [0.3, 0.4) is 0 Å². The average molecular weight is 253 g/mol. The van der Waals surface area contributed by atoms with Gasteiger partial charge in [-0.15, -0.1) is 0 Å². The standard InChI is InChI=1S/C10H17F2NO2S/c1-8(3-10(11,12)4-8)5-13-9(2)6-16(14,15)7-9/h13H,3-7H2,1-2H3. The van der Waals surface area contributed by atoms with Gasteiger partial charge in [-0.2, -0.15) is 0 Å². The number of nitrogens with one attached hydrogen (secondary N) is 1. The normalized spacial score (nSPS) is 32.5. The SMILES string of the molecule is CC1(CNC2(C)CS(=O)(=O)C2)CC(F)(F)C1. The molecule has 6 heteroatoms. The maximum atomic E-state index is 12.7. The number of halogens is 2. The van der Waals surface area contributed by atoms with Gasteiger partial charge in [0.25, 0.3) is 0 Å². The van der Waals surface area contributed by atoms with E-state index in [9.17, 15) is 17.2 Å². The smallest absolute Gasteiger partial charge is 0.249 e. The molecule has 1 saturated carbocycles. The monoisotopic (exact) mass is 253 g/mol. The zero-order chi connectivity index (χ0) is 12.2. The Balaban J connectivity index is 1.82. The summed E-state index contributed by atoms with van der Waals surface area (Å²) in [6, 6.07) is 0. The van der Waals surface area contributed by atoms with Crippen LogP contribution in [0.1, 0.15) is 26.7 Å². The van der Waals surface area contributed by atoms with E-state index in [1.807, 2.05) is 13.8 Å². The largest absolute Gasteiger partial charge is 0.309 e. The molecule has 0 radical (unpaired) electrons. The van der Waals surface area contributed by atoms with E-state index in [0.717, 1.165) is 0 Å². The van der Waals surface area contributed by atoms with Gasteiger partial charge in [-0.1, -0.05) is 6.92 Å². The second-order valence-electron chi connectivity index (χ2n) is 5.97. The highest BCUT2D eigenvalue weighted by Gasteiger charge is 2.54. The third-order valence-electron chi connectivity index (χ3n) is 3.39. The van der Waals surface area contributed by atoms with E-state index < -0.39 is 21.3 Å². The lowest BCUT2D eigenvalue weighted by atomic mass is 9.67. The molecule has 0 aromatic rings. The van der Waals surface area contributed by atoms with E-state index in [1.165, 1.54) is 0 Å². The predicted molar refractivity (Wildman–Crippen MR) is 57.3 cm³/mol. The summed E-state index contributed by atoms with van der Waals surface area (Å²) in [7, 11) is -2.88. The Morgan fingerprint density at radius 1 is 1.19 bits per heavy atom. The van der Waals surface area contributed by atoms with Gasteiger partial charge in [0.1, 0.15) is 0 Å². The summed E-state index contributed by atoms with van der Waals surface area (Å²) >= 11 is 0. The van der Waals surface area contributed by atoms with E-state index in [4.69, 9.17) is 0 Å². The van der Waals surface area contributed by atoms with Gasteiger partial charge in [0, 0.05) is 24.9 Å². The van der Waals surface area contributed by atoms with Gasteiger partial charge in [-0.05, 0) is 12.3 Å². The van der Waals surface area contributed by atoms with Gasteiger partial charge in [0.05, 0.1) is 11.5 Å². The van der Waals surface area contributed by atoms with Crippen LogP contribution < -0.4 is 5.32 Å². The van der Waals surface area contributed by atoms with Gasteiger partial charge in [-0.3, -0.25) is 0 Å². The predicted octanol–water partition coefficient (Wildman–Crippen LogP) is 1.20. The molecular formula is C10H17F2NO2S. The topological polar surface area (TPSA) is 46.2 Å². The summed E-state index contributed by atoms with van der Waals surface area (Å²) < 4.78 is 47.6. The van der Waals surface area contributed by atoms with Crippen LogP contribution in [0.15, 0.2) is 0 Å². The summed E-state index contributed by atoms with van der Waals surface area (Å²) in [6.45, 7) is 4.11. The highest BCUT2D eigenvalue weighted by molar-refractivity contribution is 7.93. The Hall–Kier alpha value is -0.230. The highest BCUT2D eigenvalue weighted by Crippen LogP contribution is 2.51. The maximum Gasteiger partial charge on any atom is 0.249 e. The van der Waals surface area contributed by atoms with E-state index in [1.54, 1.807) is 0 Å². The van der Waals surface area contributed by atoms with Gasteiger partial charge < -0.3 is 5.32 Å². The van der Waals surface area contributed by atoms with Crippen LogP contribution in [-0.2, 0) is 9.84 Å². The fourth-order valence-corrected chi connectivity index (χ4v) is 4.84. The molecule has 0 unspecified atom stereocenters. The Kier molecular flexibility index (Phi) is 2.42. The lowest BCUT2D eigenvalue weighted by Gasteiger charge is -2.48. The molecule has 16 heavy (non-hydrogen) atoms. The number of rotatable bonds is 3. The molecule has 0 aromatic heterocycles. The molecule has 2 fully saturated rings.